The second-order valence-electron chi connectivity index (χ2n) is 4.70. The van der Waals surface area contributed by atoms with E-state index in [1.165, 1.54) is 0 Å². The van der Waals surface area contributed by atoms with Gasteiger partial charge in [-0.2, -0.15) is 0 Å². The molecule has 2 atom stereocenters. The van der Waals surface area contributed by atoms with E-state index in [4.69, 9.17) is 10.5 Å². The van der Waals surface area contributed by atoms with Gasteiger partial charge in [0.2, 0.25) is 5.91 Å². The maximum absolute atomic E-state index is 11.3. The lowest BCUT2D eigenvalue weighted by molar-refractivity contribution is -0.127. The van der Waals surface area contributed by atoms with Crippen molar-refractivity contribution in [1.29, 1.82) is 0 Å². The predicted molar refractivity (Wildman–Crippen MR) is 59.4 cm³/mol. The first-order valence-corrected chi connectivity index (χ1v) is 5.71. The van der Waals surface area contributed by atoms with Gasteiger partial charge in [0.05, 0.1) is 6.10 Å². The van der Waals surface area contributed by atoms with E-state index in [1.54, 1.807) is 0 Å². The molecule has 2 unspecified atom stereocenters. The van der Waals surface area contributed by atoms with Crippen LogP contribution in [0.4, 0.5) is 0 Å². The molecule has 1 aliphatic rings. The topological polar surface area (TPSA) is 64.3 Å². The maximum Gasteiger partial charge on any atom is 0.246 e. The van der Waals surface area contributed by atoms with Crippen molar-refractivity contribution < 1.29 is 9.53 Å². The summed E-state index contributed by atoms with van der Waals surface area (Å²) >= 11 is 0. The number of carbonyl (C=O) groups is 1. The molecule has 0 radical (unpaired) electrons. The standard InChI is InChI=1S/C11H22N2O2/c1-8(2)6-13-11(14)7-15-10-4-3-9(12)5-10/h8-10H,3-7,12H2,1-2H3,(H,13,14). The van der Waals surface area contributed by atoms with Gasteiger partial charge in [0.1, 0.15) is 6.61 Å². The summed E-state index contributed by atoms with van der Waals surface area (Å²) in [5.41, 5.74) is 5.75. The molecule has 0 aromatic carbocycles. The van der Waals surface area contributed by atoms with Gasteiger partial charge in [-0.05, 0) is 25.2 Å². The Morgan fingerprint density at radius 1 is 1.53 bits per heavy atom. The fourth-order valence-electron chi connectivity index (χ4n) is 1.69. The first kappa shape index (κ1) is 12.5. The van der Waals surface area contributed by atoms with E-state index in [-0.39, 0.29) is 24.7 Å². The van der Waals surface area contributed by atoms with Crippen molar-refractivity contribution in [1.82, 2.24) is 5.32 Å². The van der Waals surface area contributed by atoms with Gasteiger partial charge in [0, 0.05) is 12.6 Å². The monoisotopic (exact) mass is 214 g/mol. The van der Waals surface area contributed by atoms with Crippen molar-refractivity contribution in [2.75, 3.05) is 13.2 Å². The summed E-state index contributed by atoms with van der Waals surface area (Å²) in [4.78, 5) is 11.3. The Bertz CT molecular complexity index is 207. The zero-order valence-corrected chi connectivity index (χ0v) is 9.66. The Morgan fingerprint density at radius 2 is 2.27 bits per heavy atom. The molecule has 0 spiro atoms. The van der Waals surface area contributed by atoms with Crippen molar-refractivity contribution in [3.63, 3.8) is 0 Å². The molecule has 0 aromatic rings. The van der Waals surface area contributed by atoms with Gasteiger partial charge in [0.25, 0.3) is 0 Å². The van der Waals surface area contributed by atoms with Crippen molar-refractivity contribution in [3.8, 4) is 0 Å². The molecule has 0 saturated heterocycles. The van der Waals surface area contributed by atoms with Gasteiger partial charge < -0.3 is 15.8 Å². The van der Waals surface area contributed by atoms with E-state index in [2.05, 4.69) is 19.2 Å². The minimum atomic E-state index is -0.0239. The maximum atomic E-state index is 11.3. The van der Waals surface area contributed by atoms with Crippen LogP contribution < -0.4 is 11.1 Å². The SMILES string of the molecule is CC(C)CNC(=O)COC1CCC(N)C1. The fraction of sp³-hybridized carbons (Fsp3) is 0.909. The molecule has 3 N–H and O–H groups in total. The minimum absolute atomic E-state index is 0.0239. The highest BCUT2D eigenvalue weighted by Crippen LogP contribution is 2.19. The van der Waals surface area contributed by atoms with E-state index in [9.17, 15) is 4.79 Å². The molecule has 4 nitrogen and oxygen atoms in total. The Labute approximate surface area is 91.5 Å². The lowest BCUT2D eigenvalue weighted by Crippen LogP contribution is -2.32. The second kappa shape index (κ2) is 6.08. The Balaban J connectivity index is 2.06. The smallest absolute Gasteiger partial charge is 0.246 e. The largest absolute Gasteiger partial charge is 0.368 e. The molecule has 1 rings (SSSR count). The number of hydrogen-bond donors (Lipinski definition) is 2. The lowest BCUT2D eigenvalue weighted by Gasteiger charge is -2.12. The molecule has 1 saturated carbocycles. The number of nitrogens with one attached hydrogen (secondary N) is 1. The molecule has 4 heteroatoms. The first-order valence-electron chi connectivity index (χ1n) is 5.71. The van der Waals surface area contributed by atoms with Crippen LogP contribution >= 0.6 is 0 Å². The van der Waals surface area contributed by atoms with Crippen molar-refractivity contribution in [2.45, 2.75) is 45.3 Å². The number of amides is 1. The highest BCUT2D eigenvalue weighted by molar-refractivity contribution is 5.77. The van der Waals surface area contributed by atoms with Gasteiger partial charge in [0.15, 0.2) is 0 Å². The van der Waals surface area contributed by atoms with Gasteiger partial charge in [-0.25, -0.2) is 0 Å². The molecule has 0 bridgehead atoms. The van der Waals surface area contributed by atoms with E-state index < -0.39 is 0 Å². The Hall–Kier alpha value is -0.610. The third-order valence-electron chi connectivity index (χ3n) is 2.58. The second-order valence-corrected chi connectivity index (χ2v) is 4.70. The average Bonchev–Trinajstić information content (AvgIpc) is 2.58. The van der Waals surface area contributed by atoms with Crippen LogP contribution in [0, 0.1) is 5.92 Å². The van der Waals surface area contributed by atoms with Gasteiger partial charge in [-0.3, -0.25) is 4.79 Å². The summed E-state index contributed by atoms with van der Waals surface area (Å²) in [6.07, 6.45) is 3.07. The zero-order chi connectivity index (χ0) is 11.3. The average molecular weight is 214 g/mol. The first-order chi connectivity index (χ1) is 7.08. The molecule has 1 fully saturated rings. The molecular formula is C11H22N2O2. The van der Waals surface area contributed by atoms with Crippen LogP contribution in [-0.4, -0.2) is 31.2 Å². The summed E-state index contributed by atoms with van der Waals surface area (Å²) in [6, 6.07) is 0.258. The molecule has 0 aromatic heterocycles. The van der Waals surface area contributed by atoms with E-state index in [0.29, 0.717) is 12.5 Å². The van der Waals surface area contributed by atoms with Crippen molar-refractivity contribution in [2.24, 2.45) is 11.7 Å². The summed E-state index contributed by atoms with van der Waals surface area (Å²) in [5.74, 6) is 0.457. The summed E-state index contributed by atoms with van der Waals surface area (Å²) in [5, 5.41) is 2.82. The third-order valence-corrected chi connectivity index (χ3v) is 2.58. The molecule has 0 aliphatic heterocycles. The Kier molecular flexibility index (Phi) is 5.05. The molecule has 88 valence electrons. The predicted octanol–water partition coefficient (Wildman–Crippen LogP) is 0.655. The Morgan fingerprint density at radius 3 is 2.80 bits per heavy atom. The van der Waals surface area contributed by atoms with E-state index in [1.807, 2.05) is 0 Å². The van der Waals surface area contributed by atoms with Crippen LogP contribution in [0.5, 0.6) is 0 Å². The minimum Gasteiger partial charge on any atom is -0.368 e. The molecule has 15 heavy (non-hydrogen) atoms. The number of hydrogen-bond acceptors (Lipinski definition) is 3. The van der Waals surface area contributed by atoms with E-state index in [0.717, 1.165) is 19.3 Å². The number of carbonyl (C=O) groups excluding carboxylic acids is 1. The number of nitrogens with two attached hydrogens (primary N) is 1. The van der Waals surface area contributed by atoms with Crippen LogP contribution in [0.1, 0.15) is 33.1 Å². The van der Waals surface area contributed by atoms with Crippen LogP contribution in [0.3, 0.4) is 0 Å². The molecule has 1 amide bonds. The van der Waals surface area contributed by atoms with Gasteiger partial charge in [-0.15, -0.1) is 0 Å². The van der Waals surface area contributed by atoms with Crippen molar-refractivity contribution in [3.05, 3.63) is 0 Å². The highest BCUT2D eigenvalue weighted by atomic mass is 16.5. The number of rotatable bonds is 5. The molecule has 1 aliphatic carbocycles. The number of ether oxygens (including phenoxy) is 1. The lowest BCUT2D eigenvalue weighted by atomic mass is 10.2. The quantitative estimate of drug-likeness (QED) is 0.706. The summed E-state index contributed by atoms with van der Waals surface area (Å²) < 4.78 is 5.48. The third kappa shape index (κ3) is 5.14. The van der Waals surface area contributed by atoms with Crippen molar-refractivity contribution >= 4 is 5.91 Å². The fourth-order valence-corrected chi connectivity index (χ4v) is 1.69. The summed E-state index contributed by atoms with van der Waals surface area (Å²) in [6.45, 7) is 5.02. The van der Waals surface area contributed by atoms with Gasteiger partial charge in [-0.1, -0.05) is 13.8 Å². The van der Waals surface area contributed by atoms with E-state index >= 15 is 0 Å². The normalized spacial score (nSPS) is 25.9. The highest BCUT2D eigenvalue weighted by Gasteiger charge is 2.22. The molecule has 0 heterocycles. The van der Waals surface area contributed by atoms with Crippen LogP contribution in [-0.2, 0) is 9.53 Å². The molecular weight excluding hydrogens is 192 g/mol. The van der Waals surface area contributed by atoms with Crippen LogP contribution in [0.15, 0.2) is 0 Å². The zero-order valence-electron chi connectivity index (χ0n) is 9.66. The van der Waals surface area contributed by atoms with Gasteiger partial charge >= 0.3 is 0 Å². The van der Waals surface area contributed by atoms with Crippen LogP contribution in [0.2, 0.25) is 0 Å². The van der Waals surface area contributed by atoms with Crippen LogP contribution in [0.25, 0.3) is 0 Å². The summed E-state index contributed by atoms with van der Waals surface area (Å²) in [7, 11) is 0.